The van der Waals surface area contributed by atoms with Gasteiger partial charge in [0.05, 0.1) is 0 Å². The molecule has 104 valence electrons. The predicted molar refractivity (Wildman–Crippen MR) is 82.0 cm³/mol. The van der Waals surface area contributed by atoms with E-state index in [9.17, 15) is 9.59 Å². The van der Waals surface area contributed by atoms with E-state index in [4.69, 9.17) is 0 Å². The Morgan fingerprint density at radius 1 is 1.05 bits per heavy atom. The molecule has 2 amide bonds. The van der Waals surface area contributed by atoms with Gasteiger partial charge >= 0.3 is 0 Å². The first-order valence-corrected chi connectivity index (χ1v) is 7.26. The SMILES string of the molecule is CC(=O)Nc1ccc(NC(=O)CCc2ccsc2)cc1. The van der Waals surface area contributed by atoms with Crippen molar-refractivity contribution in [2.45, 2.75) is 19.8 Å². The topological polar surface area (TPSA) is 58.2 Å². The zero-order valence-electron chi connectivity index (χ0n) is 11.2. The number of benzene rings is 1. The Kier molecular flexibility index (Phi) is 4.90. The van der Waals surface area contributed by atoms with Crippen LogP contribution in [0, 0.1) is 0 Å². The maximum Gasteiger partial charge on any atom is 0.224 e. The van der Waals surface area contributed by atoms with Gasteiger partial charge in [-0.1, -0.05) is 0 Å². The van der Waals surface area contributed by atoms with Crippen LogP contribution >= 0.6 is 11.3 Å². The lowest BCUT2D eigenvalue weighted by Gasteiger charge is -2.06. The zero-order valence-corrected chi connectivity index (χ0v) is 12.0. The lowest BCUT2D eigenvalue weighted by Crippen LogP contribution is -2.12. The van der Waals surface area contributed by atoms with Gasteiger partial charge in [-0.15, -0.1) is 0 Å². The van der Waals surface area contributed by atoms with Gasteiger partial charge in [0.25, 0.3) is 0 Å². The molecule has 0 unspecified atom stereocenters. The Bertz CT molecular complexity index is 576. The Labute approximate surface area is 121 Å². The van der Waals surface area contributed by atoms with Gasteiger partial charge in [0.1, 0.15) is 0 Å². The molecule has 2 N–H and O–H groups in total. The Morgan fingerprint density at radius 3 is 2.25 bits per heavy atom. The molecule has 20 heavy (non-hydrogen) atoms. The number of hydrogen-bond donors (Lipinski definition) is 2. The fourth-order valence-electron chi connectivity index (χ4n) is 1.76. The van der Waals surface area contributed by atoms with Crippen LogP contribution in [0.4, 0.5) is 11.4 Å². The Morgan fingerprint density at radius 2 is 1.70 bits per heavy atom. The van der Waals surface area contributed by atoms with Gasteiger partial charge in [-0.2, -0.15) is 11.3 Å². The van der Waals surface area contributed by atoms with E-state index in [-0.39, 0.29) is 11.8 Å². The van der Waals surface area contributed by atoms with E-state index in [1.807, 2.05) is 11.4 Å². The molecule has 0 aliphatic carbocycles. The molecule has 5 heteroatoms. The fourth-order valence-corrected chi connectivity index (χ4v) is 2.46. The number of hydrogen-bond acceptors (Lipinski definition) is 3. The van der Waals surface area contributed by atoms with Crippen LogP contribution in [-0.2, 0) is 16.0 Å². The molecule has 0 aliphatic rings. The summed E-state index contributed by atoms with van der Waals surface area (Å²) in [5.74, 6) is -0.124. The van der Waals surface area contributed by atoms with Crippen molar-refractivity contribution < 1.29 is 9.59 Å². The monoisotopic (exact) mass is 288 g/mol. The highest BCUT2D eigenvalue weighted by Crippen LogP contribution is 2.14. The van der Waals surface area contributed by atoms with Crippen LogP contribution in [0.3, 0.4) is 0 Å². The minimum atomic E-state index is -0.113. The molecule has 0 spiro atoms. The van der Waals surface area contributed by atoms with Gasteiger partial charge in [-0.05, 0) is 53.1 Å². The van der Waals surface area contributed by atoms with Crippen LogP contribution in [-0.4, -0.2) is 11.8 Å². The average Bonchev–Trinajstić information content (AvgIpc) is 2.91. The lowest BCUT2D eigenvalue weighted by molar-refractivity contribution is -0.116. The summed E-state index contributed by atoms with van der Waals surface area (Å²) in [4.78, 5) is 22.7. The second kappa shape index (κ2) is 6.86. The number of carbonyl (C=O) groups is 2. The molecule has 0 aliphatic heterocycles. The molecule has 0 bridgehead atoms. The number of amides is 2. The molecule has 1 heterocycles. The molecule has 1 aromatic carbocycles. The number of thiophene rings is 1. The predicted octanol–water partition coefficient (Wildman–Crippen LogP) is 3.28. The molecule has 0 saturated carbocycles. The van der Waals surface area contributed by atoms with Gasteiger partial charge in [0.15, 0.2) is 0 Å². The normalized spacial score (nSPS) is 10.1. The van der Waals surface area contributed by atoms with Crippen LogP contribution in [0.1, 0.15) is 18.9 Å². The summed E-state index contributed by atoms with van der Waals surface area (Å²) in [6, 6.07) is 9.09. The quantitative estimate of drug-likeness (QED) is 0.887. The highest BCUT2D eigenvalue weighted by molar-refractivity contribution is 7.07. The summed E-state index contributed by atoms with van der Waals surface area (Å²) in [7, 11) is 0. The summed E-state index contributed by atoms with van der Waals surface area (Å²) in [5, 5.41) is 9.57. The molecular formula is C15H16N2O2S. The van der Waals surface area contributed by atoms with Gasteiger partial charge < -0.3 is 10.6 Å². The van der Waals surface area contributed by atoms with Crippen LogP contribution in [0.2, 0.25) is 0 Å². The van der Waals surface area contributed by atoms with Crippen LogP contribution in [0.25, 0.3) is 0 Å². The van der Waals surface area contributed by atoms with Crippen LogP contribution < -0.4 is 10.6 Å². The largest absolute Gasteiger partial charge is 0.326 e. The second-order valence-corrected chi connectivity index (χ2v) is 5.22. The van der Waals surface area contributed by atoms with Gasteiger partial charge in [0.2, 0.25) is 11.8 Å². The first-order chi connectivity index (χ1) is 9.63. The molecule has 0 saturated heterocycles. The molecule has 0 atom stereocenters. The Balaban J connectivity index is 1.83. The fraction of sp³-hybridized carbons (Fsp3) is 0.200. The zero-order chi connectivity index (χ0) is 14.4. The number of carbonyl (C=O) groups excluding carboxylic acids is 2. The lowest BCUT2D eigenvalue weighted by atomic mass is 10.2. The van der Waals surface area contributed by atoms with E-state index in [2.05, 4.69) is 16.0 Å². The van der Waals surface area contributed by atoms with E-state index < -0.39 is 0 Å². The third-order valence-corrected chi connectivity index (χ3v) is 3.44. The van der Waals surface area contributed by atoms with Crippen molar-refractivity contribution in [3.05, 3.63) is 46.7 Å². The van der Waals surface area contributed by atoms with Crippen molar-refractivity contribution in [1.29, 1.82) is 0 Å². The van der Waals surface area contributed by atoms with E-state index in [0.29, 0.717) is 12.1 Å². The van der Waals surface area contributed by atoms with Gasteiger partial charge in [-0.25, -0.2) is 0 Å². The summed E-state index contributed by atoms with van der Waals surface area (Å²) >= 11 is 1.64. The van der Waals surface area contributed by atoms with Crippen molar-refractivity contribution >= 4 is 34.5 Å². The maximum absolute atomic E-state index is 11.8. The van der Waals surface area contributed by atoms with Gasteiger partial charge in [0, 0.05) is 24.7 Å². The summed E-state index contributed by atoms with van der Waals surface area (Å²) in [6.07, 6.45) is 1.21. The maximum atomic E-state index is 11.8. The minimum Gasteiger partial charge on any atom is -0.326 e. The van der Waals surface area contributed by atoms with E-state index >= 15 is 0 Å². The second-order valence-electron chi connectivity index (χ2n) is 4.44. The first-order valence-electron chi connectivity index (χ1n) is 6.32. The van der Waals surface area contributed by atoms with E-state index in [0.717, 1.165) is 12.1 Å². The van der Waals surface area contributed by atoms with E-state index in [1.54, 1.807) is 35.6 Å². The summed E-state index contributed by atoms with van der Waals surface area (Å²) < 4.78 is 0. The molecular weight excluding hydrogens is 272 g/mol. The highest BCUT2D eigenvalue weighted by atomic mass is 32.1. The number of aryl methyl sites for hydroxylation is 1. The number of rotatable bonds is 5. The van der Waals surface area contributed by atoms with E-state index in [1.165, 1.54) is 12.5 Å². The Hall–Kier alpha value is -2.14. The van der Waals surface area contributed by atoms with Crippen LogP contribution in [0.15, 0.2) is 41.1 Å². The third-order valence-electron chi connectivity index (χ3n) is 2.71. The van der Waals surface area contributed by atoms with Crippen molar-refractivity contribution in [3.63, 3.8) is 0 Å². The average molecular weight is 288 g/mol. The number of anilines is 2. The smallest absolute Gasteiger partial charge is 0.224 e. The summed E-state index contributed by atoms with van der Waals surface area (Å²) in [5.41, 5.74) is 2.63. The minimum absolute atomic E-state index is 0.0107. The van der Waals surface area contributed by atoms with Crippen molar-refractivity contribution in [2.24, 2.45) is 0 Å². The molecule has 4 nitrogen and oxygen atoms in total. The van der Waals surface area contributed by atoms with Gasteiger partial charge in [-0.3, -0.25) is 9.59 Å². The molecule has 1 aromatic heterocycles. The van der Waals surface area contributed by atoms with Crippen molar-refractivity contribution in [1.82, 2.24) is 0 Å². The highest BCUT2D eigenvalue weighted by Gasteiger charge is 2.04. The van der Waals surface area contributed by atoms with Crippen molar-refractivity contribution in [2.75, 3.05) is 10.6 Å². The third kappa shape index (κ3) is 4.51. The molecule has 2 aromatic rings. The molecule has 0 fully saturated rings. The summed E-state index contributed by atoms with van der Waals surface area (Å²) in [6.45, 7) is 1.46. The standard InChI is InChI=1S/C15H16N2O2S/c1-11(18)16-13-3-5-14(6-4-13)17-15(19)7-2-12-8-9-20-10-12/h3-6,8-10H,2,7H2,1H3,(H,16,18)(H,17,19). The van der Waals surface area contributed by atoms with Crippen molar-refractivity contribution in [3.8, 4) is 0 Å². The number of nitrogens with one attached hydrogen (secondary N) is 2. The van der Waals surface area contributed by atoms with Crippen LogP contribution in [0.5, 0.6) is 0 Å². The molecule has 2 rings (SSSR count). The molecule has 0 radical (unpaired) electrons. The first kappa shape index (κ1) is 14.3.